The molecule has 0 fully saturated rings. The SMILES string of the molecule is COC(=O)CN(C)CC(=O)Nc1c(C)cc(C)cc1Cl. The van der Waals surface area contributed by atoms with Crippen molar-refractivity contribution in [3.8, 4) is 0 Å². The standard InChI is InChI=1S/C14H19ClN2O3/c1-9-5-10(2)14(11(15)6-9)16-12(18)7-17(3)8-13(19)20-4/h5-6H,7-8H2,1-4H3,(H,16,18). The fraction of sp³-hybridized carbons (Fsp3) is 0.429. The van der Waals surface area contributed by atoms with Gasteiger partial charge >= 0.3 is 5.97 Å². The molecule has 0 aliphatic carbocycles. The predicted molar refractivity (Wildman–Crippen MR) is 79.1 cm³/mol. The van der Waals surface area contributed by atoms with Crippen LogP contribution in [0, 0.1) is 13.8 Å². The summed E-state index contributed by atoms with van der Waals surface area (Å²) >= 11 is 6.12. The van der Waals surface area contributed by atoms with Crippen LogP contribution in [0.4, 0.5) is 5.69 Å². The van der Waals surface area contributed by atoms with Crippen LogP contribution in [0.5, 0.6) is 0 Å². The molecule has 0 unspecified atom stereocenters. The molecule has 0 aliphatic heterocycles. The first-order valence-electron chi connectivity index (χ1n) is 6.15. The Morgan fingerprint density at radius 3 is 2.50 bits per heavy atom. The zero-order chi connectivity index (χ0) is 15.3. The Hall–Kier alpha value is -1.59. The van der Waals surface area contributed by atoms with Gasteiger partial charge in [-0.15, -0.1) is 0 Å². The minimum absolute atomic E-state index is 0.0601. The number of amides is 1. The van der Waals surface area contributed by atoms with E-state index in [0.29, 0.717) is 10.7 Å². The lowest BCUT2D eigenvalue weighted by Crippen LogP contribution is -2.34. The van der Waals surface area contributed by atoms with E-state index in [1.165, 1.54) is 7.11 Å². The number of aryl methyl sites for hydroxylation is 2. The second kappa shape index (κ2) is 7.26. The van der Waals surface area contributed by atoms with E-state index in [9.17, 15) is 9.59 Å². The summed E-state index contributed by atoms with van der Waals surface area (Å²) in [7, 11) is 2.98. The number of hydrogen-bond acceptors (Lipinski definition) is 4. The molecule has 0 spiro atoms. The van der Waals surface area contributed by atoms with Crippen LogP contribution in [-0.2, 0) is 14.3 Å². The maximum absolute atomic E-state index is 11.9. The van der Waals surface area contributed by atoms with E-state index >= 15 is 0 Å². The van der Waals surface area contributed by atoms with Crippen molar-refractivity contribution in [3.63, 3.8) is 0 Å². The summed E-state index contributed by atoms with van der Waals surface area (Å²) in [5.74, 6) is -0.616. The summed E-state index contributed by atoms with van der Waals surface area (Å²) in [5, 5.41) is 3.27. The first kappa shape index (κ1) is 16.5. The largest absolute Gasteiger partial charge is 0.468 e. The van der Waals surface area contributed by atoms with Gasteiger partial charge < -0.3 is 10.1 Å². The predicted octanol–water partition coefficient (Wildman–Crippen LogP) is 2.00. The normalized spacial score (nSPS) is 10.5. The maximum Gasteiger partial charge on any atom is 0.319 e. The number of carbonyl (C=O) groups excluding carboxylic acids is 2. The van der Waals surface area contributed by atoms with Crippen molar-refractivity contribution in [2.45, 2.75) is 13.8 Å². The Balaban J connectivity index is 2.65. The molecule has 0 aromatic heterocycles. The minimum Gasteiger partial charge on any atom is -0.468 e. The fourth-order valence-electron chi connectivity index (χ4n) is 1.84. The molecule has 0 saturated carbocycles. The number of carbonyl (C=O) groups is 2. The maximum atomic E-state index is 11.9. The topological polar surface area (TPSA) is 58.6 Å². The van der Waals surface area contributed by atoms with Crippen LogP contribution in [0.25, 0.3) is 0 Å². The highest BCUT2D eigenvalue weighted by atomic mass is 35.5. The monoisotopic (exact) mass is 298 g/mol. The van der Waals surface area contributed by atoms with E-state index in [2.05, 4.69) is 10.1 Å². The van der Waals surface area contributed by atoms with Crippen LogP contribution in [0.1, 0.15) is 11.1 Å². The number of methoxy groups -OCH3 is 1. The van der Waals surface area contributed by atoms with Gasteiger partial charge in [0.1, 0.15) is 0 Å². The summed E-state index contributed by atoms with van der Waals surface area (Å²) in [6.07, 6.45) is 0. The van der Waals surface area contributed by atoms with Crippen LogP contribution in [0.2, 0.25) is 5.02 Å². The highest BCUT2D eigenvalue weighted by Gasteiger charge is 2.13. The number of esters is 1. The quantitative estimate of drug-likeness (QED) is 0.845. The van der Waals surface area contributed by atoms with E-state index in [1.807, 2.05) is 19.9 Å². The van der Waals surface area contributed by atoms with Gasteiger partial charge in [-0.3, -0.25) is 14.5 Å². The van der Waals surface area contributed by atoms with E-state index in [-0.39, 0.29) is 25.0 Å². The summed E-state index contributed by atoms with van der Waals surface area (Å²) in [6.45, 7) is 3.96. The molecule has 1 amide bonds. The van der Waals surface area contributed by atoms with E-state index < -0.39 is 0 Å². The van der Waals surface area contributed by atoms with Crippen molar-refractivity contribution < 1.29 is 14.3 Å². The van der Waals surface area contributed by atoms with Crippen LogP contribution in [0.15, 0.2) is 12.1 Å². The number of ether oxygens (including phenoxy) is 1. The molecular weight excluding hydrogens is 280 g/mol. The van der Waals surface area contributed by atoms with Gasteiger partial charge in [-0.1, -0.05) is 17.7 Å². The third-order valence-electron chi connectivity index (χ3n) is 2.74. The number of anilines is 1. The lowest BCUT2D eigenvalue weighted by molar-refractivity contribution is -0.141. The fourth-order valence-corrected chi connectivity index (χ4v) is 2.21. The number of nitrogens with one attached hydrogen (secondary N) is 1. The Morgan fingerprint density at radius 1 is 1.30 bits per heavy atom. The van der Waals surface area contributed by atoms with Gasteiger partial charge in [0.2, 0.25) is 5.91 Å². The molecule has 1 aromatic rings. The van der Waals surface area contributed by atoms with Crippen LogP contribution in [0.3, 0.4) is 0 Å². The third kappa shape index (κ3) is 4.83. The van der Waals surface area contributed by atoms with Gasteiger partial charge in [0, 0.05) is 0 Å². The van der Waals surface area contributed by atoms with E-state index in [0.717, 1.165) is 11.1 Å². The molecule has 1 aromatic carbocycles. The first-order chi connectivity index (χ1) is 9.33. The van der Waals surface area contributed by atoms with Crippen LogP contribution < -0.4 is 5.32 Å². The number of nitrogens with zero attached hydrogens (tertiary/aromatic N) is 1. The molecule has 0 radical (unpaired) electrons. The van der Waals surface area contributed by atoms with Crippen LogP contribution >= 0.6 is 11.6 Å². The average Bonchev–Trinajstić information content (AvgIpc) is 2.33. The van der Waals surface area contributed by atoms with E-state index in [4.69, 9.17) is 11.6 Å². The number of likely N-dealkylation sites (N-methyl/N-ethyl adjacent to an activating group) is 1. The van der Waals surface area contributed by atoms with Gasteiger partial charge in [-0.2, -0.15) is 0 Å². The molecule has 5 nitrogen and oxygen atoms in total. The molecule has 0 aliphatic rings. The summed E-state index contributed by atoms with van der Waals surface area (Å²) < 4.78 is 4.54. The Morgan fingerprint density at radius 2 is 1.95 bits per heavy atom. The highest BCUT2D eigenvalue weighted by Crippen LogP contribution is 2.27. The van der Waals surface area contributed by atoms with E-state index in [1.54, 1.807) is 18.0 Å². The Labute approximate surface area is 123 Å². The molecule has 110 valence electrons. The molecule has 1 N–H and O–H groups in total. The van der Waals surface area contributed by atoms with Crippen molar-refractivity contribution >= 4 is 29.2 Å². The third-order valence-corrected chi connectivity index (χ3v) is 3.03. The average molecular weight is 299 g/mol. The Kier molecular flexibility index (Phi) is 5.98. The minimum atomic E-state index is -0.384. The zero-order valence-electron chi connectivity index (χ0n) is 12.1. The van der Waals surface area contributed by atoms with Crippen LogP contribution in [-0.4, -0.2) is 44.0 Å². The molecule has 0 bridgehead atoms. The molecular formula is C14H19ClN2O3. The Bertz CT molecular complexity index is 494. The molecule has 1 rings (SSSR count). The van der Waals surface area contributed by atoms with Crippen molar-refractivity contribution in [3.05, 3.63) is 28.3 Å². The highest BCUT2D eigenvalue weighted by molar-refractivity contribution is 6.34. The zero-order valence-corrected chi connectivity index (χ0v) is 12.9. The number of benzene rings is 1. The molecule has 0 heterocycles. The van der Waals surface area contributed by atoms with Gasteiger partial charge in [-0.05, 0) is 38.1 Å². The number of halogens is 1. The van der Waals surface area contributed by atoms with Gasteiger partial charge in [-0.25, -0.2) is 0 Å². The van der Waals surface area contributed by atoms with Crippen molar-refractivity contribution in [1.29, 1.82) is 0 Å². The second-order valence-corrected chi connectivity index (χ2v) is 5.14. The molecule has 20 heavy (non-hydrogen) atoms. The van der Waals surface area contributed by atoms with Crippen molar-refractivity contribution in [2.24, 2.45) is 0 Å². The molecule has 6 heteroatoms. The molecule has 0 atom stereocenters. The second-order valence-electron chi connectivity index (χ2n) is 4.74. The lowest BCUT2D eigenvalue weighted by atomic mass is 10.1. The molecule has 0 saturated heterocycles. The number of rotatable bonds is 5. The smallest absolute Gasteiger partial charge is 0.319 e. The van der Waals surface area contributed by atoms with Gasteiger partial charge in [0.15, 0.2) is 0 Å². The lowest BCUT2D eigenvalue weighted by Gasteiger charge is -2.16. The van der Waals surface area contributed by atoms with Crippen molar-refractivity contribution in [2.75, 3.05) is 32.6 Å². The number of hydrogen-bond donors (Lipinski definition) is 1. The summed E-state index contributed by atoms with van der Waals surface area (Å²) in [4.78, 5) is 24.6. The first-order valence-corrected chi connectivity index (χ1v) is 6.53. The summed E-state index contributed by atoms with van der Waals surface area (Å²) in [6, 6.07) is 3.74. The van der Waals surface area contributed by atoms with Gasteiger partial charge in [0.05, 0.1) is 30.9 Å². The summed E-state index contributed by atoms with van der Waals surface area (Å²) in [5.41, 5.74) is 2.54. The van der Waals surface area contributed by atoms with Crippen molar-refractivity contribution in [1.82, 2.24) is 4.90 Å². The van der Waals surface area contributed by atoms with Gasteiger partial charge in [0.25, 0.3) is 0 Å².